The SMILES string of the molecule is Cn1ccc2c(-c3ccc(C(=O)CCC(=O)O)cc3)ccnc21. The van der Waals surface area contributed by atoms with E-state index in [-0.39, 0.29) is 18.6 Å². The van der Waals surface area contributed by atoms with Gasteiger partial charge in [0.25, 0.3) is 0 Å². The third kappa shape index (κ3) is 2.99. The highest BCUT2D eigenvalue weighted by Gasteiger charge is 2.10. The van der Waals surface area contributed by atoms with Crippen molar-refractivity contribution in [2.75, 3.05) is 0 Å². The predicted octanol–water partition coefficient (Wildman–Crippen LogP) is 3.29. The minimum atomic E-state index is -0.960. The van der Waals surface area contributed by atoms with Gasteiger partial charge in [-0.3, -0.25) is 9.59 Å². The Morgan fingerprint density at radius 3 is 2.52 bits per heavy atom. The molecule has 0 aliphatic carbocycles. The number of aliphatic carboxylic acids is 1. The molecule has 0 unspecified atom stereocenters. The fraction of sp³-hybridized carbons (Fsp3) is 0.167. The molecule has 2 heterocycles. The van der Waals surface area contributed by atoms with E-state index in [0.29, 0.717) is 5.56 Å². The molecule has 0 spiro atoms. The van der Waals surface area contributed by atoms with Crippen LogP contribution in [0.1, 0.15) is 23.2 Å². The molecular formula is C18H16N2O3. The van der Waals surface area contributed by atoms with Gasteiger partial charge in [-0.05, 0) is 23.3 Å². The second-order valence-corrected chi connectivity index (χ2v) is 5.42. The molecular weight excluding hydrogens is 292 g/mol. The normalized spacial score (nSPS) is 10.8. The largest absolute Gasteiger partial charge is 0.481 e. The zero-order valence-corrected chi connectivity index (χ0v) is 12.7. The molecule has 23 heavy (non-hydrogen) atoms. The number of Topliss-reactive ketones (excluding diaryl/α,β-unsaturated/α-hetero) is 1. The summed E-state index contributed by atoms with van der Waals surface area (Å²) in [5.74, 6) is -1.11. The second-order valence-electron chi connectivity index (χ2n) is 5.42. The van der Waals surface area contributed by atoms with Gasteiger partial charge in [-0.15, -0.1) is 0 Å². The molecule has 0 amide bonds. The zero-order chi connectivity index (χ0) is 16.4. The molecule has 0 radical (unpaired) electrons. The van der Waals surface area contributed by atoms with Crippen LogP contribution in [0, 0.1) is 0 Å². The lowest BCUT2D eigenvalue weighted by Crippen LogP contribution is -2.03. The number of rotatable bonds is 5. The molecule has 0 fully saturated rings. The highest BCUT2D eigenvalue weighted by Crippen LogP contribution is 2.28. The minimum Gasteiger partial charge on any atom is -0.481 e. The number of carbonyl (C=O) groups is 2. The molecule has 5 heteroatoms. The number of pyridine rings is 1. The number of hydrogen-bond donors (Lipinski definition) is 1. The average Bonchev–Trinajstić information content (AvgIpc) is 2.94. The van der Waals surface area contributed by atoms with Crippen molar-refractivity contribution in [2.45, 2.75) is 12.8 Å². The van der Waals surface area contributed by atoms with Crippen LogP contribution in [0.5, 0.6) is 0 Å². The van der Waals surface area contributed by atoms with Crippen LogP contribution in [0.25, 0.3) is 22.2 Å². The summed E-state index contributed by atoms with van der Waals surface area (Å²) in [5.41, 5.74) is 3.50. The summed E-state index contributed by atoms with van der Waals surface area (Å²) in [6.45, 7) is 0. The van der Waals surface area contributed by atoms with Gasteiger partial charge in [0.2, 0.25) is 0 Å². The molecule has 0 aliphatic rings. The quantitative estimate of drug-likeness (QED) is 0.734. The van der Waals surface area contributed by atoms with E-state index in [1.54, 1.807) is 18.3 Å². The van der Waals surface area contributed by atoms with Gasteiger partial charge in [0.15, 0.2) is 5.78 Å². The van der Waals surface area contributed by atoms with Crippen molar-refractivity contribution in [3.8, 4) is 11.1 Å². The van der Waals surface area contributed by atoms with Crippen molar-refractivity contribution in [1.29, 1.82) is 0 Å². The number of aryl methyl sites for hydroxylation is 1. The summed E-state index contributed by atoms with van der Waals surface area (Å²) in [6.07, 6.45) is 3.61. The van der Waals surface area contributed by atoms with Gasteiger partial charge in [0.1, 0.15) is 5.65 Å². The molecule has 0 saturated carbocycles. The van der Waals surface area contributed by atoms with Gasteiger partial charge < -0.3 is 9.67 Å². The standard InChI is InChI=1S/C18H16N2O3/c1-20-11-9-15-14(8-10-19-18(15)20)12-2-4-13(5-3-12)16(21)6-7-17(22)23/h2-5,8-11H,6-7H2,1H3,(H,22,23). The highest BCUT2D eigenvalue weighted by atomic mass is 16.4. The Morgan fingerprint density at radius 2 is 1.83 bits per heavy atom. The summed E-state index contributed by atoms with van der Waals surface area (Å²) in [4.78, 5) is 26.8. The molecule has 1 aromatic carbocycles. The summed E-state index contributed by atoms with van der Waals surface area (Å²) < 4.78 is 1.96. The van der Waals surface area contributed by atoms with E-state index < -0.39 is 5.97 Å². The van der Waals surface area contributed by atoms with Crippen LogP contribution in [-0.2, 0) is 11.8 Å². The summed E-state index contributed by atoms with van der Waals surface area (Å²) in [5, 5.41) is 9.70. The number of carbonyl (C=O) groups excluding carboxylic acids is 1. The smallest absolute Gasteiger partial charge is 0.303 e. The number of aromatic nitrogens is 2. The second kappa shape index (κ2) is 6.04. The molecule has 0 bridgehead atoms. The first-order valence-corrected chi connectivity index (χ1v) is 7.32. The van der Waals surface area contributed by atoms with Gasteiger partial charge in [-0.1, -0.05) is 24.3 Å². The van der Waals surface area contributed by atoms with Crippen molar-refractivity contribution in [2.24, 2.45) is 7.05 Å². The number of benzene rings is 1. The van der Waals surface area contributed by atoms with Gasteiger partial charge in [0, 0.05) is 36.8 Å². The number of fused-ring (bicyclic) bond motifs is 1. The van der Waals surface area contributed by atoms with Crippen LogP contribution >= 0.6 is 0 Å². The van der Waals surface area contributed by atoms with Crippen LogP contribution in [0.3, 0.4) is 0 Å². The van der Waals surface area contributed by atoms with Crippen LogP contribution in [0.15, 0.2) is 48.8 Å². The number of carboxylic acid groups (broad SMARTS) is 1. The first-order valence-electron chi connectivity index (χ1n) is 7.32. The van der Waals surface area contributed by atoms with Gasteiger partial charge in [-0.25, -0.2) is 4.98 Å². The first kappa shape index (κ1) is 15.0. The van der Waals surface area contributed by atoms with Crippen molar-refractivity contribution in [3.05, 3.63) is 54.4 Å². The average molecular weight is 308 g/mol. The topological polar surface area (TPSA) is 72.2 Å². The van der Waals surface area contributed by atoms with Crippen LogP contribution in [0.4, 0.5) is 0 Å². The molecule has 3 rings (SSSR count). The van der Waals surface area contributed by atoms with E-state index in [0.717, 1.165) is 22.2 Å². The highest BCUT2D eigenvalue weighted by molar-refractivity contribution is 5.98. The Morgan fingerprint density at radius 1 is 1.09 bits per heavy atom. The van der Waals surface area contributed by atoms with Crippen LogP contribution in [-0.4, -0.2) is 26.4 Å². The van der Waals surface area contributed by atoms with E-state index in [1.807, 2.05) is 42.1 Å². The third-order valence-corrected chi connectivity index (χ3v) is 3.85. The Labute approximate surface area is 133 Å². The van der Waals surface area contributed by atoms with E-state index >= 15 is 0 Å². The van der Waals surface area contributed by atoms with Crippen LogP contribution < -0.4 is 0 Å². The van der Waals surface area contributed by atoms with E-state index in [1.165, 1.54) is 0 Å². The van der Waals surface area contributed by atoms with Gasteiger partial charge in [-0.2, -0.15) is 0 Å². The molecule has 116 valence electrons. The Bertz CT molecular complexity index is 879. The molecule has 0 aliphatic heterocycles. The maximum absolute atomic E-state index is 11.9. The van der Waals surface area contributed by atoms with Crippen molar-refractivity contribution in [1.82, 2.24) is 9.55 Å². The maximum atomic E-state index is 11.9. The Balaban J connectivity index is 1.89. The van der Waals surface area contributed by atoms with E-state index in [9.17, 15) is 9.59 Å². The van der Waals surface area contributed by atoms with Gasteiger partial charge in [0.05, 0.1) is 6.42 Å². The van der Waals surface area contributed by atoms with E-state index in [2.05, 4.69) is 4.98 Å². The lowest BCUT2D eigenvalue weighted by atomic mass is 10.00. The molecule has 3 aromatic rings. The molecule has 0 atom stereocenters. The number of hydrogen-bond acceptors (Lipinski definition) is 3. The van der Waals surface area contributed by atoms with Crippen molar-refractivity contribution < 1.29 is 14.7 Å². The molecule has 2 aromatic heterocycles. The Kier molecular flexibility index (Phi) is 3.93. The van der Waals surface area contributed by atoms with Crippen molar-refractivity contribution in [3.63, 3.8) is 0 Å². The summed E-state index contributed by atoms with van der Waals surface area (Å²) in [7, 11) is 1.95. The predicted molar refractivity (Wildman–Crippen MR) is 87.4 cm³/mol. The van der Waals surface area contributed by atoms with E-state index in [4.69, 9.17) is 5.11 Å². The minimum absolute atomic E-state index is 0.0207. The summed E-state index contributed by atoms with van der Waals surface area (Å²) in [6, 6.07) is 11.2. The molecule has 5 nitrogen and oxygen atoms in total. The van der Waals surface area contributed by atoms with Crippen molar-refractivity contribution >= 4 is 22.8 Å². The fourth-order valence-corrected chi connectivity index (χ4v) is 2.62. The lowest BCUT2D eigenvalue weighted by Gasteiger charge is -2.06. The number of nitrogens with zero attached hydrogens (tertiary/aromatic N) is 2. The molecule has 1 N–H and O–H groups in total. The Hall–Kier alpha value is -2.95. The maximum Gasteiger partial charge on any atom is 0.303 e. The van der Waals surface area contributed by atoms with Crippen LogP contribution in [0.2, 0.25) is 0 Å². The lowest BCUT2D eigenvalue weighted by molar-refractivity contribution is -0.136. The summed E-state index contributed by atoms with van der Waals surface area (Å²) >= 11 is 0. The molecule has 0 saturated heterocycles. The number of ketones is 1. The zero-order valence-electron chi connectivity index (χ0n) is 12.7. The first-order chi connectivity index (χ1) is 11.1. The monoisotopic (exact) mass is 308 g/mol. The third-order valence-electron chi connectivity index (χ3n) is 3.85. The van der Waals surface area contributed by atoms with Gasteiger partial charge >= 0.3 is 5.97 Å². The number of carboxylic acids is 1. The fourth-order valence-electron chi connectivity index (χ4n) is 2.62.